The Hall–Kier alpha value is -2.28. The van der Waals surface area contributed by atoms with E-state index in [9.17, 15) is 9.59 Å². The van der Waals surface area contributed by atoms with Gasteiger partial charge < -0.3 is 25.4 Å². The summed E-state index contributed by atoms with van der Waals surface area (Å²) in [5.41, 5.74) is 0.639. The number of carbonyl (C=O) groups is 2. The second kappa shape index (κ2) is 8.39. The Kier molecular flexibility index (Phi) is 5.71. The van der Waals surface area contributed by atoms with Crippen LogP contribution in [0.4, 0.5) is 5.69 Å². The minimum Gasteiger partial charge on any atom is -0.493 e. The third-order valence-electron chi connectivity index (χ3n) is 5.91. The fraction of sp³-hybridized carbons (Fsp3) is 0.619. The van der Waals surface area contributed by atoms with Gasteiger partial charge in [0.25, 0.3) is 5.91 Å². The molecule has 0 aromatic heterocycles. The SMILES string of the molecule is COc1ccc(NC(=O)C2CC3CCCCC3N2)cc1OCC(=O)NC1CC1. The van der Waals surface area contributed by atoms with Gasteiger partial charge in [-0.3, -0.25) is 9.59 Å². The van der Waals surface area contributed by atoms with Crippen LogP contribution in [0.3, 0.4) is 0 Å². The fourth-order valence-electron chi connectivity index (χ4n) is 4.26. The van der Waals surface area contributed by atoms with Crippen molar-refractivity contribution < 1.29 is 19.1 Å². The molecule has 152 valence electrons. The molecule has 1 aliphatic heterocycles. The molecule has 0 radical (unpaired) electrons. The second-order valence-corrected chi connectivity index (χ2v) is 8.09. The highest BCUT2D eigenvalue weighted by atomic mass is 16.5. The van der Waals surface area contributed by atoms with Crippen LogP contribution in [0, 0.1) is 5.92 Å². The number of hydrogen-bond donors (Lipinski definition) is 3. The van der Waals surface area contributed by atoms with E-state index >= 15 is 0 Å². The topological polar surface area (TPSA) is 88.7 Å². The number of rotatable bonds is 7. The highest BCUT2D eigenvalue weighted by Gasteiger charge is 2.38. The molecule has 3 unspecified atom stereocenters. The van der Waals surface area contributed by atoms with Gasteiger partial charge in [-0.15, -0.1) is 0 Å². The van der Waals surface area contributed by atoms with Gasteiger partial charge in [0.05, 0.1) is 13.2 Å². The molecule has 0 spiro atoms. The van der Waals surface area contributed by atoms with E-state index < -0.39 is 0 Å². The van der Waals surface area contributed by atoms with Crippen molar-refractivity contribution in [3.8, 4) is 11.5 Å². The molecule has 2 saturated carbocycles. The Morgan fingerprint density at radius 1 is 1.14 bits per heavy atom. The number of benzene rings is 1. The minimum absolute atomic E-state index is 0.0167. The zero-order valence-corrected chi connectivity index (χ0v) is 16.3. The molecular weight excluding hydrogens is 358 g/mol. The first-order chi connectivity index (χ1) is 13.6. The highest BCUT2D eigenvalue weighted by Crippen LogP contribution is 2.34. The largest absolute Gasteiger partial charge is 0.493 e. The molecule has 1 aromatic rings. The van der Waals surface area contributed by atoms with Crippen LogP contribution in [0.5, 0.6) is 11.5 Å². The Morgan fingerprint density at radius 2 is 1.96 bits per heavy atom. The highest BCUT2D eigenvalue weighted by molar-refractivity contribution is 5.95. The first kappa shape index (κ1) is 19.1. The normalized spacial score (nSPS) is 26.2. The van der Waals surface area contributed by atoms with Crippen molar-refractivity contribution in [3.05, 3.63) is 18.2 Å². The minimum atomic E-state index is -0.149. The number of nitrogens with one attached hydrogen (secondary N) is 3. The summed E-state index contributed by atoms with van der Waals surface area (Å²) in [5.74, 6) is 1.43. The predicted molar refractivity (Wildman–Crippen MR) is 106 cm³/mol. The molecule has 4 rings (SSSR count). The van der Waals surface area contributed by atoms with Gasteiger partial charge in [-0.05, 0) is 50.2 Å². The van der Waals surface area contributed by atoms with E-state index in [2.05, 4.69) is 16.0 Å². The number of amides is 2. The first-order valence-electron chi connectivity index (χ1n) is 10.3. The van der Waals surface area contributed by atoms with Crippen molar-refractivity contribution >= 4 is 17.5 Å². The number of hydrogen-bond acceptors (Lipinski definition) is 5. The molecule has 7 nitrogen and oxygen atoms in total. The Labute approximate surface area is 165 Å². The van der Waals surface area contributed by atoms with Crippen molar-refractivity contribution in [2.75, 3.05) is 19.0 Å². The smallest absolute Gasteiger partial charge is 0.258 e. The molecular formula is C21H29N3O4. The molecule has 3 aliphatic rings. The molecule has 7 heteroatoms. The quantitative estimate of drug-likeness (QED) is 0.668. The number of methoxy groups -OCH3 is 1. The van der Waals surface area contributed by atoms with Crippen molar-refractivity contribution in [1.82, 2.24) is 10.6 Å². The summed E-state index contributed by atoms with van der Waals surface area (Å²) in [6.45, 7) is -0.0716. The summed E-state index contributed by atoms with van der Waals surface area (Å²) in [6, 6.07) is 5.87. The van der Waals surface area contributed by atoms with Crippen LogP contribution in [-0.4, -0.2) is 43.7 Å². The van der Waals surface area contributed by atoms with Crippen LogP contribution in [0.2, 0.25) is 0 Å². The molecule has 3 fully saturated rings. The van der Waals surface area contributed by atoms with E-state index in [-0.39, 0.29) is 24.5 Å². The summed E-state index contributed by atoms with van der Waals surface area (Å²) in [6.07, 6.45) is 7.86. The molecule has 1 aromatic carbocycles. The van der Waals surface area contributed by atoms with Crippen LogP contribution >= 0.6 is 0 Å². The fourth-order valence-corrected chi connectivity index (χ4v) is 4.26. The number of carbonyl (C=O) groups excluding carboxylic acids is 2. The molecule has 2 aliphatic carbocycles. The molecule has 1 saturated heterocycles. The summed E-state index contributed by atoms with van der Waals surface area (Å²) >= 11 is 0. The lowest BCUT2D eigenvalue weighted by atomic mass is 9.85. The van der Waals surface area contributed by atoms with Crippen molar-refractivity contribution in [1.29, 1.82) is 0 Å². The van der Waals surface area contributed by atoms with Gasteiger partial charge in [-0.2, -0.15) is 0 Å². The Bertz CT molecular complexity index is 720. The van der Waals surface area contributed by atoms with E-state index in [1.165, 1.54) is 19.3 Å². The number of fused-ring (bicyclic) bond motifs is 1. The van der Waals surface area contributed by atoms with E-state index in [1.54, 1.807) is 25.3 Å². The van der Waals surface area contributed by atoms with E-state index in [1.807, 2.05) is 0 Å². The summed E-state index contributed by atoms with van der Waals surface area (Å²) < 4.78 is 11.0. The predicted octanol–water partition coefficient (Wildman–Crippen LogP) is 2.21. The van der Waals surface area contributed by atoms with Crippen molar-refractivity contribution in [3.63, 3.8) is 0 Å². The monoisotopic (exact) mass is 387 g/mol. The Morgan fingerprint density at radius 3 is 2.71 bits per heavy atom. The van der Waals surface area contributed by atoms with Crippen molar-refractivity contribution in [2.24, 2.45) is 5.92 Å². The summed E-state index contributed by atoms with van der Waals surface area (Å²) in [7, 11) is 1.55. The van der Waals surface area contributed by atoms with Crippen molar-refractivity contribution in [2.45, 2.75) is 63.1 Å². The third kappa shape index (κ3) is 4.58. The lowest BCUT2D eigenvalue weighted by Crippen LogP contribution is -2.39. The number of ether oxygens (including phenoxy) is 2. The van der Waals surface area contributed by atoms with Crippen LogP contribution in [0.15, 0.2) is 18.2 Å². The van der Waals surface area contributed by atoms with Gasteiger partial charge >= 0.3 is 0 Å². The standard InChI is InChI=1S/C21H29N3O4/c1-27-18-9-8-15(11-19(18)28-12-20(25)22-14-6-7-14)23-21(26)17-10-13-4-2-3-5-16(13)24-17/h8-9,11,13-14,16-17,24H,2-7,10,12H2,1H3,(H,22,25)(H,23,26). The van der Waals surface area contributed by atoms with Gasteiger partial charge in [0.1, 0.15) is 0 Å². The molecule has 0 bridgehead atoms. The lowest BCUT2D eigenvalue weighted by molar-refractivity contribution is -0.123. The second-order valence-electron chi connectivity index (χ2n) is 8.09. The maximum absolute atomic E-state index is 12.7. The zero-order valence-electron chi connectivity index (χ0n) is 16.3. The van der Waals surface area contributed by atoms with E-state index in [4.69, 9.17) is 9.47 Å². The van der Waals surface area contributed by atoms with Gasteiger partial charge in [0.15, 0.2) is 18.1 Å². The van der Waals surface area contributed by atoms with E-state index in [0.29, 0.717) is 35.2 Å². The third-order valence-corrected chi connectivity index (χ3v) is 5.91. The van der Waals surface area contributed by atoms with Gasteiger partial charge in [-0.1, -0.05) is 12.8 Å². The first-order valence-corrected chi connectivity index (χ1v) is 10.3. The molecule has 3 N–H and O–H groups in total. The van der Waals surface area contributed by atoms with Gasteiger partial charge in [0, 0.05) is 23.8 Å². The zero-order chi connectivity index (χ0) is 19.5. The Balaban J connectivity index is 1.35. The maximum atomic E-state index is 12.7. The van der Waals surface area contributed by atoms with Gasteiger partial charge in [-0.25, -0.2) is 0 Å². The molecule has 3 atom stereocenters. The number of anilines is 1. The molecule has 28 heavy (non-hydrogen) atoms. The lowest BCUT2D eigenvalue weighted by Gasteiger charge is -2.24. The van der Waals surface area contributed by atoms with E-state index in [0.717, 1.165) is 25.7 Å². The van der Waals surface area contributed by atoms with Crippen LogP contribution in [-0.2, 0) is 9.59 Å². The van der Waals surface area contributed by atoms with Gasteiger partial charge in [0.2, 0.25) is 5.91 Å². The van der Waals surface area contributed by atoms with Crippen LogP contribution in [0.25, 0.3) is 0 Å². The summed E-state index contributed by atoms with van der Waals surface area (Å²) in [5, 5.41) is 9.36. The average Bonchev–Trinajstić information content (AvgIpc) is 3.40. The molecule has 1 heterocycles. The average molecular weight is 387 g/mol. The maximum Gasteiger partial charge on any atom is 0.258 e. The summed E-state index contributed by atoms with van der Waals surface area (Å²) in [4.78, 5) is 24.6. The van der Waals surface area contributed by atoms with Crippen LogP contribution < -0.4 is 25.4 Å². The molecule has 2 amide bonds. The van der Waals surface area contributed by atoms with Crippen LogP contribution in [0.1, 0.15) is 44.9 Å².